The summed E-state index contributed by atoms with van der Waals surface area (Å²) in [6.45, 7) is 29.7. The highest BCUT2D eigenvalue weighted by Crippen LogP contribution is 2.51. The van der Waals surface area contributed by atoms with Gasteiger partial charge in [-0.3, -0.25) is 0 Å². The van der Waals surface area contributed by atoms with E-state index in [1.165, 1.54) is 55.6 Å². The van der Waals surface area contributed by atoms with Crippen molar-refractivity contribution in [3.63, 3.8) is 0 Å². The van der Waals surface area contributed by atoms with Crippen molar-refractivity contribution in [3.8, 4) is 44.5 Å². The van der Waals surface area contributed by atoms with E-state index in [4.69, 9.17) is 27.9 Å². The molecule has 9 nitrogen and oxygen atoms in total. The summed E-state index contributed by atoms with van der Waals surface area (Å²) < 4.78 is 37.8. The summed E-state index contributed by atoms with van der Waals surface area (Å²) in [6, 6.07) is 120. The minimum atomic E-state index is -0.400. The number of anilines is 9. The number of rotatable bonds is 15. The zero-order chi connectivity index (χ0) is 77.5. The molecule has 111 heavy (non-hydrogen) atoms. The molecule has 3 heterocycles. The fourth-order valence-corrected chi connectivity index (χ4v) is 14.9. The van der Waals surface area contributed by atoms with Crippen LogP contribution in [0.4, 0.5) is 51.2 Å². The Morgan fingerprint density at radius 3 is 0.784 bits per heavy atom. The van der Waals surface area contributed by atoms with Gasteiger partial charge in [-0.15, -0.1) is 0 Å². The molecule has 554 valence electrons. The molecule has 13 aromatic carbocycles. The number of fused-ring (bicyclic) bond motifs is 3. The summed E-state index contributed by atoms with van der Waals surface area (Å²) in [5.41, 5.74) is 23.3. The Hall–Kier alpha value is -10.8. The van der Waals surface area contributed by atoms with E-state index in [2.05, 4.69) is 427 Å². The van der Waals surface area contributed by atoms with Crippen LogP contribution in [0.3, 0.4) is 0 Å². The molecule has 0 saturated carbocycles. The summed E-state index contributed by atoms with van der Waals surface area (Å²) in [6.07, 6.45) is 0. The predicted molar refractivity (Wildman–Crippen MR) is 464 cm³/mol. The Labute approximate surface area is 658 Å². The first kappa shape index (κ1) is 75.6. The number of benzene rings is 13. The highest BCUT2D eigenvalue weighted by atomic mass is 16.7. The first-order valence-corrected chi connectivity index (χ1v) is 38.8. The Morgan fingerprint density at radius 1 is 0.189 bits per heavy atom. The smallest absolute Gasteiger partial charge is 0.399 e. The summed E-state index contributed by atoms with van der Waals surface area (Å²) in [4.78, 5) is 6.88. The quantitative estimate of drug-likeness (QED) is 0.0934. The fraction of sp³-hybridized carbons (Fsp3) is 0.212. The largest absolute Gasteiger partial charge is 0.494 e. The van der Waals surface area contributed by atoms with Crippen LogP contribution < -0.4 is 31.1 Å². The van der Waals surface area contributed by atoms with E-state index in [0.717, 1.165) is 67.6 Å². The van der Waals surface area contributed by atoms with Crippen LogP contribution in [-0.4, -0.2) is 55.0 Å². The number of hydrogen-bond acceptors (Lipinski definition) is 9. The Bertz CT molecular complexity index is 5290. The lowest BCUT2D eigenvalue weighted by Gasteiger charge is -2.32. The second-order valence-corrected chi connectivity index (χ2v) is 32.9. The highest BCUT2D eigenvalue weighted by molar-refractivity contribution is 6.63. The first-order chi connectivity index (χ1) is 53.2. The third kappa shape index (κ3) is 15.5. The van der Waals surface area contributed by atoms with E-state index in [0.29, 0.717) is 0 Å². The molecule has 0 unspecified atom stereocenters. The molecular weight excluding hydrogens is 1360 g/mol. The van der Waals surface area contributed by atoms with Gasteiger partial charge in [-0.05, 0) is 264 Å². The Kier molecular flexibility index (Phi) is 20.8. The second kappa shape index (κ2) is 30.5. The Morgan fingerprint density at radius 2 is 0.432 bits per heavy atom. The molecule has 0 radical (unpaired) electrons. The third-order valence-corrected chi connectivity index (χ3v) is 23.6. The fourth-order valence-electron chi connectivity index (χ4n) is 14.9. The van der Waals surface area contributed by atoms with E-state index >= 15 is 0 Å². The summed E-state index contributed by atoms with van der Waals surface area (Å²) in [5, 5.41) is 0. The Balaban J connectivity index is 0.000000133. The maximum absolute atomic E-state index is 6.34. The monoisotopic (exact) mass is 1460 g/mol. The van der Waals surface area contributed by atoms with Gasteiger partial charge in [0, 0.05) is 56.6 Å². The SMILES string of the molecule is CC1(C)OB(c2ccc(N(c3ccccc3)c3ccc(-c4ccccc4)cc3)cc2)OC1(C)C.CC1(C)OB(c2cccc(N(c3ccccc3)c3ccc(-c4ccccc4)cc3)c2)OC1(C)C.CC1(C)c2ccccc2-c2ccc(N(c3ccc(B4OC(C)(C)C(C)(C)O4)cc3)c3ccc(-c4ccccc4)cc3)cc21. The molecular formula is C99H98B3N3O6. The van der Waals surface area contributed by atoms with E-state index in [-0.39, 0.29) is 46.1 Å². The molecule has 0 spiro atoms. The van der Waals surface area contributed by atoms with Crippen LogP contribution in [0.25, 0.3) is 44.5 Å². The average Bonchev–Trinajstić information content (AvgIpc) is 1.58. The zero-order valence-corrected chi connectivity index (χ0v) is 66.4. The molecule has 17 rings (SSSR count). The van der Waals surface area contributed by atoms with Gasteiger partial charge < -0.3 is 42.6 Å². The lowest BCUT2D eigenvalue weighted by Crippen LogP contribution is -2.41. The molecule has 4 aliphatic rings. The van der Waals surface area contributed by atoms with Gasteiger partial charge in [0.2, 0.25) is 0 Å². The number of para-hydroxylation sites is 2. The lowest BCUT2D eigenvalue weighted by atomic mass is 9.79. The lowest BCUT2D eigenvalue weighted by molar-refractivity contribution is 0.00578. The minimum Gasteiger partial charge on any atom is -0.399 e. The standard InChI is InChI=1S/C39H38BNO2.2C30H30BNO2/c1-37(2)35-15-11-10-14-33(35)34-25-24-32(26-36(34)37)41(30-20-16-28(17-21-30)27-12-8-7-9-13-27)31-22-18-29(19-23-31)40-42-38(3,4)39(5,6)43-40;1-29(2)30(3,4)34-31(33-29)25-14-11-17-28(22-25)32(26-15-9-6-10-16-26)27-20-18-24(19-21-27)23-12-7-5-8-13-23;1-29(2)30(3,4)34-31(33-29)25-17-21-28(22-18-25)32(26-13-9-6-10-14-26)27-19-15-24(16-20-27)23-11-7-5-8-12-23/h7-26H,1-6H3;2*5-22H,1-4H3. The van der Waals surface area contributed by atoms with E-state index in [9.17, 15) is 0 Å². The van der Waals surface area contributed by atoms with Crippen molar-refractivity contribution < 1.29 is 27.9 Å². The molecule has 0 aromatic heterocycles. The normalized spacial score (nSPS) is 16.8. The van der Waals surface area contributed by atoms with Gasteiger partial charge in [0.05, 0.1) is 33.6 Å². The van der Waals surface area contributed by atoms with Gasteiger partial charge in [0.15, 0.2) is 0 Å². The van der Waals surface area contributed by atoms with E-state index in [1.807, 2.05) is 24.3 Å². The molecule has 0 bridgehead atoms. The minimum absolute atomic E-state index is 0.0780. The van der Waals surface area contributed by atoms with Crippen LogP contribution in [0.1, 0.15) is 108 Å². The van der Waals surface area contributed by atoms with Crippen LogP contribution in [0.2, 0.25) is 0 Å². The second-order valence-electron chi connectivity index (χ2n) is 32.9. The third-order valence-electron chi connectivity index (χ3n) is 23.6. The van der Waals surface area contributed by atoms with Crippen LogP contribution in [0.15, 0.2) is 340 Å². The molecule has 0 N–H and O–H groups in total. The number of hydrogen-bond donors (Lipinski definition) is 0. The molecule has 12 heteroatoms. The predicted octanol–water partition coefficient (Wildman–Crippen LogP) is 23.7. The van der Waals surface area contributed by atoms with Crippen molar-refractivity contribution in [1.82, 2.24) is 0 Å². The van der Waals surface area contributed by atoms with Crippen molar-refractivity contribution in [2.45, 2.75) is 136 Å². The van der Waals surface area contributed by atoms with Crippen molar-refractivity contribution in [3.05, 3.63) is 351 Å². The molecule has 3 saturated heterocycles. The van der Waals surface area contributed by atoms with Crippen molar-refractivity contribution in [2.24, 2.45) is 0 Å². The van der Waals surface area contributed by atoms with Gasteiger partial charge in [0.1, 0.15) is 0 Å². The topological polar surface area (TPSA) is 65.1 Å². The molecule has 3 aliphatic heterocycles. The molecule has 13 aromatic rings. The van der Waals surface area contributed by atoms with Crippen molar-refractivity contribution >= 4 is 88.9 Å². The summed E-state index contributed by atoms with van der Waals surface area (Å²) in [7, 11) is -1.16. The van der Waals surface area contributed by atoms with E-state index < -0.39 is 14.2 Å². The highest BCUT2D eigenvalue weighted by Gasteiger charge is 2.54. The summed E-state index contributed by atoms with van der Waals surface area (Å²) in [5.74, 6) is 0. The maximum atomic E-state index is 6.34. The van der Waals surface area contributed by atoms with Crippen molar-refractivity contribution in [2.75, 3.05) is 14.7 Å². The zero-order valence-electron chi connectivity index (χ0n) is 66.4. The average molecular weight is 1460 g/mol. The molecule has 3 fully saturated rings. The van der Waals surface area contributed by atoms with Crippen molar-refractivity contribution in [1.29, 1.82) is 0 Å². The molecule has 1 aliphatic carbocycles. The van der Waals surface area contributed by atoms with Crippen LogP contribution >= 0.6 is 0 Å². The van der Waals surface area contributed by atoms with Crippen LogP contribution in [0.5, 0.6) is 0 Å². The molecule has 0 atom stereocenters. The van der Waals surface area contributed by atoms with Crippen LogP contribution in [-0.2, 0) is 33.3 Å². The van der Waals surface area contributed by atoms with Gasteiger partial charge in [-0.1, -0.05) is 244 Å². The maximum Gasteiger partial charge on any atom is 0.494 e. The van der Waals surface area contributed by atoms with E-state index in [1.54, 1.807) is 0 Å². The molecule has 0 amide bonds. The van der Waals surface area contributed by atoms with Gasteiger partial charge >= 0.3 is 21.4 Å². The first-order valence-electron chi connectivity index (χ1n) is 38.8. The summed E-state index contributed by atoms with van der Waals surface area (Å²) >= 11 is 0. The number of nitrogens with zero attached hydrogens (tertiary/aromatic N) is 3. The van der Waals surface area contributed by atoms with Gasteiger partial charge in [-0.2, -0.15) is 0 Å². The van der Waals surface area contributed by atoms with Crippen LogP contribution in [0, 0.1) is 0 Å². The van der Waals surface area contributed by atoms with Gasteiger partial charge in [0.25, 0.3) is 0 Å². The van der Waals surface area contributed by atoms with Gasteiger partial charge in [-0.25, -0.2) is 0 Å².